The average molecular weight is 572 g/mol. The molecule has 1 atom stereocenters. The predicted octanol–water partition coefficient (Wildman–Crippen LogP) is 6.30. The number of thioether (sulfide) groups is 1. The third-order valence-corrected chi connectivity index (χ3v) is 9.03. The lowest BCUT2D eigenvalue weighted by molar-refractivity contribution is -0.130. The largest absolute Gasteiger partial charge is 0.354 e. The first-order valence-corrected chi connectivity index (χ1v) is 15.5. The Labute approximate surface area is 245 Å². The third-order valence-electron chi connectivity index (χ3n) is 7.84. The number of amides is 1. The molecule has 0 unspecified atom stereocenters. The minimum absolute atomic E-state index is 0.130. The van der Waals surface area contributed by atoms with Crippen LogP contribution in [0.1, 0.15) is 36.4 Å². The van der Waals surface area contributed by atoms with Crippen molar-refractivity contribution in [1.29, 1.82) is 0 Å². The van der Waals surface area contributed by atoms with Crippen LogP contribution in [-0.4, -0.2) is 70.7 Å². The van der Waals surface area contributed by atoms with Gasteiger partial charge in [0.1, 0.15) is 5.03 Å². The van der Waals surface area contributed by atoms with Gasteiger partial charge in [-0.15, -0.1) is 0 Å². The van der Waals surface area contributed by atoms with Gasteiger partial charge in [0.05, 0.1) is 22.8 Å². The Morgan fingerprint density at radius 3 is 2.08 bits per heavy atom. The molecule has 6 nitrogen and oxygen atoms in total. The first-order valence-electron chi connectivity index (χ1n) is 14.1. The van der Waals surface area contributed by atoms with Crippen molar-refractivity contribution >= 4 is 46.1 Å². The van der Waals surface area contributed by atoms with Gasteiger partial charge in [-0.3, -0.25) is 9.69 Å². The molecule has 0 saturated carbocycles. The van der Waals surface area contributed by atoms with Crippen LogP contribution < -0.4 is 4.90 Å². The Kier molecular flexibility index (Phi) is 8.51. The minimum Gasteiger partial charge on any atom is -0.354 e. The molecule has 0 N–H and O–H groups in total. The highest BCUT2D eigenvalue weighted by Gasteiger charge is 2.29. The van der Waals surface area contributed by atoms with E-state index >= 15 is 0 Å². The summed E-state index contributed by atoms with van der Waals surface area (Å²) in [6, 6.07) is 26.8. The minimum atomic E-state index is 0.130. The quantitative estimate of drug-likeness (QED) is 0.243. The van der Waals surface area contributed by atoms with Crippen LogP contribution >= 0.6 is 23.4 Å². The van der Waals surface area contributed by atoms with Crippen molar-refractivity contribution in [3.05, 3.63) is 95.0 Å². The van der Waals surface area contributed by atoms with Crippen LogP contribution in [-0.2, 0) is 4.79 Å². The Bertz CT molecular complexity index is 1440. The molecular formula is C32H34ClN5OS. The van der Waals surface area contributed by atoms with Gasteiger partial charge in [-0.25, -0.2) is 9.97 Å². The molecule has 40 heavy (non-hydrogen) atoms. The molecule has 6 rings (SSSR count). The summed E-state index contributed by atoms with van der Waals surface area (Å²) in [6.07, 6.45) is 3.59. The van der Waals surface area contributed by atoms with Gasteiger partial charge in [0.2, 0.25) is 5.91 Å². The summed E-state index contributed by atoms with van der Waals surface area (Å²) in [5.41, 5.74) is 4.25. The van der Waals surface area contributed by atoms with Crippen molar-refractivity contribution in [2.75, 3.05) is 49.9 Å². The summed E-state index contributed by atoms with van der Waals surface area (Å²) in [5, 5.41) is 1.60. The summed E-state index contributed by atoms with van der Waals surface area (Å²) < 4.78 is 0. The molecule has 3 heterocycles. The van der Waals surface area contributed by atoms with Gasteiger partial charge < -0.3 is 9.80 Å². The van der Waals surface area contributed by atoms with E-state index in [-0.39, 0.29) is 11.9 Å². The predicted molar refractivity (Wildman–Crippen MR) is 164 cm³/mol. The van der Waals surface area contributed by atoms with Crippen LogP contribution in [0.25, 0.3) is 11.0 Å². The molecule has 0 spiro atoms. The smallest absolute Gasteiger partial charge is 0.233 e. The number of piperazine rings is 1. The fourth-order valence-corrected chi connectivity index (χ4v) is 6.76. The molecule has 2 fully saturated rings. The van der Waals surface area contributed by atoms with Crippen LogP contribution in [0.4, 0.5) is 5.82 Å². The highest BCUT2D eigenvalue weighted by Crippen LogP contribution is 2.33. The van der Waals surface area contributed by atoms with Crippen molar-refractivity contribution in [1.82, 2.24) is 19.8 Å². The second kappa shape index (κ2) is 12.6. The number of halogens is 1. The summed E-state index contributed by atoms with van der Waals surface area (Å²) in [5.74, 6) is 1.45. The number of carbonyl (C=O) groups is 1. The lowest BCUT2D eigenvalue weighted by Crippen LogP contribution is -2.50. The van der Waals surface area contributed by atoms with E-state index in [2.05, 4.69) is 46.2 Å². The first-order chi connectivity index (χ1) is 19.7. The Morgan fingerprint density at radius 2 is 1.38 bits per heavy atom. The molecule has 0 bridgehead atoms. The number of fused-ring (bicyclic) bond motifs is 1. The summed E-state index contributed by atoms with van der Waals surface area (Å²) >= 11 is 7.71. The van der Waals surface area contributed by atoms with Crippen molar-refractivity contribution in [3.8, 4) is 0 Å². The maximum Gasteiger partial charge on any atom is 0.233 e. The molecule has 3 aromatic carbocycles. The van der Waals surface area contributed by atoms with Crippen molar-refractivity contribution in [2.24, 2.45) is 0 Å². The summed E-state index contributed by atoms with van der Waals surface area (Å²) in [4.78, 5) is 30.1. The van der Waals surface area contributed by atoms with Crippen molar-refractivity contribution in [3.63, 3.8) is 0 Å². The van der Waals surface area contributed by atoms with Gasteiger partial charge in [0.15, 0.2) is 5.82 Å². The second-order valence-corrected chi connectivity index (χ2v) is 11.9. The monoisotopic (exact) mass is 571 g/mol. The van der Waals surface area contributed by atoms with E-state index in [1.165, 1.54) is 42.2 Å². The number of benzene rings is 3. The SMILES string of the molecule is O=C(CSc1nc2ccccc2nc1N1CCCCC1)N1CCN([C@H](c2ccccc2)c2ccc(Cl)cc2)CC1. The van der Waals surface area contributed by atoms with Crippen molar-refractivity contribution in [2.45, 2.75) is 30.3 Å². The third kappa shape index (κ3) is 6.12. The van der Waals surface area contributed by atoms with Gasteiger partial charge in [-0.1, -0.05) is 78.0 Å². The topological polar surface area (TPSA) is 52.6 Å². The van der Waals surface area contributed by atoms with Gasteiger partial charge >= 0.3 is 0 Å². The number of anilines is 1. The van der Waals surface area contributed by atoms with E-state index in [4.69, 9.17) is 21.6 Å². The fraction of sp³-hybridized carbons (Fsp3) is 0.344. The van der Waals surface area contributed by atoms with E-state index in [0.717, 1.165) is 53.1 Å². The number of para-hydroxylation sites is 2. The van der Waals surface area contributed by atoms with E-state index < -0.39 is 0 Å². The lowest BCUT2D eigenvalue weighted by Gasteiger charge is -2.39. The molecule has 206 valence electrons. The number of nitrogens with zero attached hydrogens (tertiary/aromatic N) is 5. The molecular weight excluding hydrogens is 538 g/mol. The maximum absolute atomic E-state index is 13.4. The maximum atomic E-state index is 13.4. The van der Waals surface area contributed by atoms with Crippen LogP contribution in [0.15, 0.2) is 83.9 Å². The van der Waals surface area contributed by atoms with E-state index in [0.29, 0.717) is 18.8 Å². The highest BCUT2D eigenvalue weighted by molar-refractivity contribution is 8.00. The molecule has 0 aliphatic carbocycles. The number of hydrogen-bond acceptors (Lipinski definition) is 6. The zero-order valence-corrected chi connectivity index (χ0v) is 24.2. The Balaban J connectivity index is 1.13. The molecule has 8 heteroatoms. The molecule has 1 amide bonds. The molecule has 4 aromatic rings. The molecule has 2 saturated heterocycles. The lowest BCUT2D eigenvalue weighted by atomic mass is 9.96. The van der Waals surface area contributed by atoms with Gasteiger partial charge in [0.25, 0.3) is 0 Å². The number of aromatic nitrogens is 2. The zero-order chi connectivity index (χ0) is 27.3. The van der Waals surface area contributed by atoms with Crippen LogP contribution in [0.3, 0.4) is 0 Å². The molecule has 0 radical (unpaired) electrons. The number of hydrogen-bond donors (Lipinski definition) is 0. The second-order valence-electron chi connectivity index (χ2n) is 10.5. The van der Waals surface area contributed by atoms with Crippen LogP contribution in [0, 0.1) is 0 Å². The summed E-state index contributed by atoms with van der Waals surface area (Å²) in [7, 11) is 0. The Hall–Kier alpha value is -3.13. The van der Waals surface area contributed by atoms with Gasteiger partial charge in [-0.2, -0.15) is 0 Å². The van der Waals surface area contributed by atoms with Crippen molar-refractivity contribution < 1.29 is 4.79 Å². The zero-order valence-electron chi connectivity index (χ0n) is 22.6. The molecule has 1 aromatic heterocycles. The number of carbonyl (C=O) groups excluding carboxylic acids is 1. The van der Waals surface area contributed by atoms with Crippen LogP contribution in [0.2, 0.25) is 5.02 Å². The fourth-order valence-electron chi connectivity index (χ4n) is 5.73. The van der Waals surface area contributed by atoms with Gasteiger partial charge in [-0.05, 0) is 54.7 Å². The number of piperidine rings is 1. The highest BCUT2D eigenvalue weighted by atomic mass is 35.5. The molecule has 2 aliphatic rings. The van der Waals surface area contributed by atoms with Crippen LogP contribution in [0.5, 0.6) is 0 Å². The number of rotatable bonds is 7. The standard InChI is InChI=1S/C32H34ClN5OS/c33-26-15-13-25(14-16-26)30(24-9-3-1-4-10-24)37-21-19-36(20-22-37)29(39)23-40-32-31(38-17-7-2-8-18-38)34-27-11-5-6-12-28(27)35-32/h1,3-6,9-16,30H,2,7-8,17-23H2/t30-/m1/s1. The first kappa shape index (κ1) is 27.1. The van der Waals surface area contributed by atoms with E-state index in [1.807, 2.05) is 47.4 Å². The van der Waals surface area contributed by atoms with E-state index in [1.54, 1.807) is 0 Å². The Morgan fingerprint density at radius 1 is 0.750 bits per heavy atom. The summed E-state index contributed by atoms with van der Waals surface area (Å²) in [6.45, 7) is 5.03. The van der Waals surface area contributed by atoms with E-state index in [9.17, 15) is 4.79 Å². The van der Waals surface area contributed by atoms with Gasteiger partial charge in [0, 0.05) is 44.3 Å². The average Bonchev–Trinajstić information content (AvgIpc) is 3.02. The molecule has 2 aliphatic heterocycles. The normalized spacial score (nSPS) is 17.2.